The van der Waals surface area contributed by atoms with Crippen molar-refractivity contribution >= 4 is 70.0 Å². The van der Waals surface area contributed by atoms with Crippen molar-refractivity contribution in [3.8, 4) is 0 Å². The van der Waals surface area contributed by atoms with Crippen molar-refractivity contribution in [1.29, 1.82) is 0 Å². The molecule has 2 rings (SSSR count). The summed E-state index contributed by atoms with van der Waals surface area (Å²) in [5.41, 5.74) is 1.50. The fourth-order valence-electron chi connectivity index (χ4n) is 2.86. The van der Waals surface area contributed by atoms with Crippen LogP contribution in [-0.4, -0.2) is 35.1 Å². The van der Waals surface area contributed by atoms with Gasteiger partial charge >= 0.3 is 0 Å². The van der Waals surface area contributed by atoms with Crippen LogP contribution in [0.15, 0.2) is 36.4 Å². The summed E-state index contributed by atoms with van der Waals surface area (Å²) in [4.78, 5) is 27.4. The van der Waals surface area contributed by atoms with E-state index in [9.17, 15) is 9.59 Å². The van der Waals surface area contributed by atoms with Crippen LogP contribution in [0, 0.1) is 5.92 Å². The van der Waals surface area contributed by atoms with E-state index < -0.39 is 6.04 Å². The normalized spacial score (nSPS) is 12.0. The van der Waals surface area contributed by atoms with Gasteiger partial charge in [0, 0.05) is 44.5 Å². The van der Waals surface area contributed by atoms with Gasteiger partial charge < -0.3 is 10.2 Å². The lowest BCUT2D eigenvalue weighted by atomic mass is 10.1. The summed E-state index contributed by atoms with van der Waals surface area (Å²) in [5, 5.41) is 4.90. The van der Waals surface area contributed by atoms with Crippen molar-refractivity contribution in [1.82, 2.24) is 10.2 Å². The lowest BCUT2D eigenvalue weighted by Gasteiger charge is -2.29. The van der Waals surface area contributed by atoms with Gasteiger partial charge in [-0.1, -0.05) is 72.4 Å². The minimum absolute atomic E-state index is 0.135. The molecule has 32 heavy (non-hydrogen) atoms. The second-order valence-corrected chi connectivity index (χ2v) is 10.4. The van der Waals surface area contributed by atoms with Gasteiger partial charge in [0.1, 0.15) is 6.04 Å². The summed E-state index contributed by atoms with van der Waals surface area (Å²) in [6.45, 7) is 6.39. The third kappa shape index (κ3) is 8.03. The number of carbonyl (C=O) groups excluding carboxylic acids is 2. The highest BCUT2D eigenvalue weighted by Gasteiger charge is 2.27. The fourth-order valence-corrected chi connectivity index (χ4v) is 4.84. The highest BCUT2D eigenvalue weighted by atomic mass is 35.5. The Morgan fingerprint density at radius 2 is 1.66 bits per heavy atom. The van der Waals surface area contributed by atoms with E-state index in [0.717, 1.165) is 5.56 Å². The molecule has 2 aromatic rings. The van der Waals surface area contributed by atoms with Gasteiger partial charge in [0.15, 0.2) is 0 Å². The van der Waals surface area contributed by atoms with Crippen molar-refractivity contribution in [2.75, 3.05) is 12.3 Å². The Morgan fingerprint density at radius 1 is 1.00 bits per heavy atom. The molecule has 4 nitrogen and oxygen atoms in total. The number of hydrogen-bond donors (Lipinski definition) is 1. The van der Waals surface area contributed by atoms with Crippen molar-refractivity contribution in [2.24, 2.45) is 5.92 Å². The molecule has 0 aliphatic rings. The van der Waals surface area contributed by atoms with E-state index in [1.165, 1.54) is 16.7 Å². The van der Waals surface area contributed by atoms with E-state index in [1.54, 1.807) is 37.3 Å². The van der Waals surface area contributed by atoms with Gasteiger partial charge in [0.25, 0.3) is 0 Å². The first kappa shape index (κ1) is 27.1. The van der Waals surface area contributed by atoms with Gasteiger partial charge in [-0.2, -0.15) is 0 Å². The van der Waals surface area contributed by atoms with Crippen LogP contribution in [0.3, 0.4) is 0 Å². The molecule has 0 unspecified atom stereocenters. The van der Waals surface area contributed by atoms with Crippen molar-refractivity contribution in [3.05, 3.63) is 67.6 Å². The molecule has 9 heteroatoms. The van der Waals surface area contributed by atoms with Gasteiger partial charge in [-0.15, -0.1) is 11.8 Å². The van der Waals surface area contributed by atoms with Crippen molar-refractivity contribution < 1.29 is 9.59 Å². The second-order valence-electron chi connectivity index (χ2n) is 7.77. The molecule has 0 aliphatic carbocycles. The number of nitrogens with zero attached hydrogens (tertiary/aromatic N) is 1. The Bertz CT molecular complexity index is 935. The lowest BCUT2D eigenvalue weighted by molar-refractivity contribution is -0.138. The van der Waals surface area contributed by atoms with Crippen molar-refractivity contribution in [3.63, 3.8) is 0 Å². The smallest absolute Gasteiger partial charge is 0.242 e. The largest absolute Gasteiger partial charge is 0.354 e. The molecule has 0 saturated carbocycles. The Morgan fingerprint density at radius 3 is 2.25 bits per heavy atom. The van der Waals surface area contributed by atoms with Crippen LogP contribution < -0.4 is 5.32 Å². The summed E-state index contributed by atoms with van der Waals surface area (Å²) >= 11 is 26.2. The lowest BCUT2D eigenvalue weighted by Crippen LogP contribution is -2.48. The number of thioether (sulfide) groups is 1. The summed E-state index contributed by atoms with van der Waals surface area (Å²) in [6.07, 6.45) is 0. The molecule has 1 atom stereocenters. The second kappa shape index (κ2) is 13.0. The SMILES string of the molecule is CC(C)CNC(=O)[C@H](C)N(Cc1c(Cl)cccc1Cl)C(=O)CSCc1ccc(Cl)cc1Cl. The Kier molecular flexibility index (Phi) is 11.0. The van der Waals surface area contributed by atoms with Gasteiger partial charge in [0.05, 0.1) is 5.75 Å². The number of benzene rings is 2. The van der Waals surface area contributed by atoms with E-state index in [2.05, 4.69) is 5.32 Å². The molecule has 0 radical (unpaired) electrons. The van der Waals surface area contributed by atoms with Gasteiger partial charge in [0.2, 0.25) is 11.8 Å². The molecule has 0 heterocycles. The zero-order valence-corrected chi connectivity index (χ0v) is 22.0. The highest BCUT2D eigenvalue weighted by molar-refractivity contribution is 7.99. The number of amides is 2. The molecule has 0 bridgehead atoms. The molecule has 0 fully saturated rings. The van der Waals surface area contributed by atoms with Gasteiger partial charge in [-0.25, -0.2) is 0 Å². The predicted molar refractivity (Wildman–Crippen MR) is 137 cm³/mol. The van der Waals surface area contributed by atoms with Crippen LogP contribution in [0.2, 0.25) is 20.1 Å². The van der Waals surface area contributed by atoms with E-state index in [1.807, 2.05) is 19.9 Å². The summed E-state index contributed by atoms with van der Waals surface area (Å²) in [6, 6.07) is 9.76. The number of carbonyl (C=O) groups is 2. The van der Waals surface area contributed by atoms with Gasteiger partial charge in [-0.05, 0) is 42.7 Å². The van der Waals surface area contributed by atoms with E-state index >= 15 is 0 Å². The van der Waals surface area contributed by atoms with E-state index in [-0.39, 0.29) is 24.1 Å². The summed E-state index contributed by atoms with van der Waals surface area (Å²) in [7, 11) is 0. The minimum atomic E-state index is -0.687. The molecule has 2 amide bonds. The highest BCUT2D eigenvalue weighted by Crippen LogP contribution is 2.28. The molecular weight excluding hydrogens is 510 g/mol. The number of hydrogen-bond acceptors (Lipinski definition) is 3. The summed E-state index contributed by atoms with van der Waals surface area (Å²) in [5.74, 6) is 0.594. The van der Waals surface area contributed by atoms with Crippen LogP contribution in [0.5, 0.6) is 0 Å². The van der Waals surface area contributed by atoms with Crippen LogP contribution in [0.25, 0.3) is 0 Å². The maximum atomic E-state index is 13.2. The molecule has 0 aliphatic heterocycles. The first-order valence-corrected chi connectivity index (χ1v) is 12.8. The molecule has 0 saturated heterocycles. The number of halogens is 4. The molecule has 1 N–H and O–H groups in total. The molecule has 174 valence electrons. The minimum Gasteiger partial charge on any atom is -0.354 e. The Labute approximate surface area is 213 Å². The monoisotopic (exact) mass is 534 g/mol. The van der Waals surface area contributed by atoms with Crippen molar-refractivity contribution in [2.45, 2.75) is 39.1 Å². The number of nitrogens with one attached hydrogen (secondary N) is 1. The zero-order valence-electron chi connectivity index (χ0n) is 18.1. The third-order valence-electron chi connectivity index (χ3n) is 4.74. The van der Waals surface area contributed by atoms with Crippen LogP contribution in [0.4, 0.5) is 0 Å². The standard InChI is InChI=1S/C23H26Cl4N2O2S/c1-14(2)10-28-23(31)15(3)29(11-18-19(25)5-4-6-20(18)26)22(30)13-32-12-16-7-8-17(24)9-21(16)27/h4-9,14-15H,10-13H2,1-3H3,(H,28,31)/t15-/m0/s1. The van der Waals surface area contributed by atoms with E-state index in [4.69, 9.17) is 46.4 Å². The maximum absolute atomic E-state index is 13.2. The van der Waals surface area contributed by atoms with Gasteiger partial charge in [-0.3, -0.25) is 9.59 Å². The summed E-state index contributed by atoms with van der Waals surface area (Å²) < 4.78 is 0. The first-order valence-electron chi connectivity index (χ1n) is 10.1. The van der Waals surface area contributed by atoms with Crippen LogP contribution >= 0.6 is 58.2 Å². The van der Waals surface area contributed by atoms with Crippen LogP contribution in [0.1, 0.15) is 31.9 Å². The topological polar surface area (TPSA) is 49.4 Å². The number of rotatable bonds is 10. The first-order chi connectivity index (χ1) is 15.1. The molecule has 2 aromatic carbocycles. The average molecular weight is 536 g/mol. The van der Waals surface area contributed by atoms with Crippen LogP contribution in [-0.2, 0) is 21.9 Å². The Hall–Kier alpha value is -1.11. The molecular formula is C23H26Cl4N2O2S. The zero-order chi connectivity index (χ0) is 23.8. The Balaban J connectivity index is 2.14. The molecule has 0 spiro atoms. The molecule has 0 aromatic heterocycles. The quantitative estimate of drug-likeness (QED) is 0.367. The van der Waals surface area contributed by atoms with E-state index in [0.29, 0.717) is 43.9 Å². The fraction of sp³-hybridized carbons (Fsp3) is 0.391. The average Bonchev–Trinajstić information content (AvgIpc) is 2.72. The maximum Gasteiger partial charge on any atom is 0.242 e. The predicted octanol–water partition coefficient (Wildman–Crippen LogP) is 6.72. The third-order valence-corrected chi connectivity index (χ3v) is 7.00.